The summed E-state index contributed by atoms with van der Waals surface area (Å²) < 4.78 is 0. The number of carbonyl (C=O) groups excluding carboxylic acids is 1. The maximum absolute atomic E-state index is 12.0. The van der Waals surface area contributed by atoms with Crippen molar-refractivity contribution in [1.29, 1.82) is 0 Å². The number of nitrogens with one attached hydrogen (secondary N) is 2. The zero-order valence-corrected chi connectivity index (χ0v) is 13.0. The van der Waals surface area contributed by atoms with E-state index < -0.39 is 0 Å². The van der Waals surface area contributed by atoms with Crippen molar-refractivity contribution in [3.63, 3.8) is 0 Å². The van der Waals surface area contributed by atoms with Crippen molar-refractivity contribution in [2.45, 2.75) is 25.9 Å². The SMILES string of the molecule is Cc1cc(=O)[nH]c(SCC(=O)Nc2c(C)cccc2C)n1. The van der Waals surface area contributed by atoms with Crippen LogP contribution >= 0.6 is 11.8 Å². The topological polar surface area (TPSA) is 74.8 Å². The van der Waals surface area contributed by atoms with E-state index in [1.807, 2.05) is 32.0 Å². The summed E-state index contributed by atoms with van der Waals surface area (Å²) in [5.74, 6) is 0.0711. The van der Waals surface area contributed by atoms with Crippen molar-refractivity contribution in [3.8, 4) is 0 Å². The molecule has 2 rings (SSSR count). The Balaban J connectivity index is 2.01. The predicted octanol–water partition coefficient (Wildman–Crippen LogP) is 2.43. The summed E-state index contributed by atoms with van der Waals surface area (Å²) in [6.45, 7) is 5.65. The van der Waals surface area contributed by atoms with E-state index in [9.17, 15) is 9.59 Å². The van der Waals surface area contributed by atoms with Gasteiger partial charge in [0.15, 0.2) is 5.16 Å². The largest absolute Gasteiger partial charge is 0.325 e. The first-order chi connectivity index (χ1) is 9.95. The smallest absolute Gasteiger partial charge is 0.251 e. The lowest BCUT2D eigenvalue weighted by Gasteiger charge is -2.11. The van der Waals surface area contributed by atoms with Gasteiger partial charge >= 0.3 is 0 Å². The Labute approximate surface area is 127 Å². The van der Waals surface area contributed by atoms with Crippen molar-refractivity contribution in [2.24, 2.45) is 0 Å². The number of carbonyl (C=O) groups is 1. The van der Waals surface area contributed by atoms with Gasteiger partial charge < -0.3 is 10.3 Å². The quantitative estimate of drug-likeness (QED) is 0.672. The summed E-state index contributed by atoms with van der Waals surface area (Å²) in [5.41, 5.74) is 3.32. The van der Waals surface area contributed by atoms with Crippen LogP contribution in [0.4, 0.5) is 5.69 Å². The molecule has 1 heterocycles. The van der Waals surface area contributed by atoms with Gasteiger partial charge in [-0.05, 0) is 31.9 Å². The lowest BCUT2D eigenvalue weighted by molar-refractivity contribution is -0.113. The third-order valence-corrected chi connectivity index (χ3v) is 3.81. The van der Waals surface area contributed by atoms with E-state index in [1.54, 1.807) is 6.92 Å². The van der Waals surface area contributed by atoms with Crippen LogP contribution in [-0.4, -0.2) is 21.6 Å². The van der Waals surface area contributed by atoms with Gasteiger partial charge in [0.2, 0.25) is 5.91 Å². The van der Waals surface area contributed by atoms with Gasteiger partial charge in [-0.2, -0.15) is 0 Å². The fourth-order valence-electron chi connectivity index (χ4n) is 1.94. The average molecular weight is 303 g/mol. The van der Waals surface area contributed by atoms with E-state index in [0.717, 1.165) is 16.8 Å². The van der Waals surface area contributed by atoms with Crippen LogP contribution in [0.2, 0.25) is 0 Å². The molecule has 5 nitrogen and oxygen atoms in total. The van der Waals surface area contributed by atoms with Crippen LogP contribution in [-0.2, 0) is 4.79 Å². The van der Waals surface area contributed by atoms with Crippen LogP contribution in [0.15, 0.2) is 34.2 Å². The Morgan fingerprint density at radius 2 is 1.95 bits per heavy atom. The molecule has 0 aliphatic rings. The molecule has 1 amide bonds. The molecule has 0 bridgehead atoms. The summed E-state index contributed by atoms with van der Waals surface area (Å²) in [5, 5.41) is 3.35. The molecule has 0 spiro atoms. The van der Waals surface area contributed by atoms with Gasteiger partial charge in [0.05, 0.1) is 5.75 Å². The van der Waals surface area contributed by atoms with Gasteiger partial charge in [-0.3, -0.25) is 9.59 Å². The fourth-order valence-corrected chi connectivity index (χ4v) is 2.66. The molecule has 21 heavy (non-hydrogen) atoms. The summed E-state index contributed by atoms with van der Waals surface area (Å²) >= 11 is 1.21. The molecule has 110 valence electrons. The number of rotatable bonds is 4. The minimum Gasteiger partial charge on any atom is -0.325 e. The standard InChI is InChI=1S/C15H17N3O2S/c1-9-5-4-6-10(2)14(9)17-13(20)8-21-15-16-11(3)7-12(19)18-15/h4-7H,8H2,1-3H3,(H,17,20)(H,16,18,19). The highest BCUT2D eigenvalue weighted by atomic mass is 32.2. The molecule has 0 saturated carbocycles. The third kappa shape index (κ3) is 4.19. The zero-order valence-electron chi connectivity index (χ0n) is 12.2. The van der Waals surface area contributed by atoms with Crippen LogP contribution in [0, 0.1) is 20.8 Å². The van der Waals surface area contributed by atoms with Crippen LogP contribution in [0.25, 0.3) is 0 Å². The van der Waals surface area contributed by atoms with E-state index in [2.05, 4.69) is 15.3 Å². The minimum absolute atomic E-state index is 0.124. The molecular weight excluding hydrogens is 286 g/mol. The number of aromatic nitrogens is 2. The molecule has 0 aliphatic heterocycles. The number of aromatic amines is 1. The third-order valence-electron chi connectivity index (χ3n) is 2.93. The van der Waals surface area contributed by atoms with Gasteiger partial charge in [-0.15, -0.1) is 0 Å². The second-order valence-electron chi connectivity index (χ2n) is 4.80. The second kappa shape index (κ2) is 6.58. The zero-order chi connectivity index (χ0) is 15.4. The number of amides is 1. The maximum atomic E-state index is 12.0. The number of hydrogen-bond acceptors (Lipinski definition) is 4. The van der Waals surface area contributed by atoms with Gasteiger partial charge in [-0.25, -0.2) is 4.98 Å². The summed E-state index contributed by atoms with van der Waals surface area (Å²) in [6, 6.07) is 7.28. The number of hydrogen-bond donors (Lipinski definition) is 2. The van der Waals surface area contributed by atoms with Crippen LogP contribution in [0.1, 0.15) is 16.8 Å². The fraction of sp³-hybridized carbons (Fsp3) is 0.267. The first kappa shape index (κ1) is 15.3. The second-order valence-corrected chi connectivity index (χ2v) is 5.76. The number of anilines is 1. The maximum Gasteiger partial charge on any atom is 0.251 e. The first-order valence-corrected chi connectivity index (χ1v) is 7.51. The summed E-state index contributed by atoms with van der Waals surface area (Å²) in [6.07, 6.45) is 0. The molecule has 0 fully saturated rings. The van der Waals surface area contributed by atoms with Gasteiger partial charge in [0, 0.05) is 17.4 Å². The summed E-state index contributed by atoms with van der Waals surface area (Å²) in [7, 11) is 0. The number of nitrogens with zero attached hydrogens (tertiary/aromatic N) is 1. The summed E-state index contributed by atoms with van der Waals surface area (Å²) in [4.78, 5) is 30.1. The molecule has 1 aromatic carbocycles. The Morgan fingerprint density at radius 3 is 2.57 bits per heavy atom. The predicted molar refractivity (Wildman–Crippen MR) is 84.9 cm³/mol. The number of benzene rings is 1. The molecule has 0 radical (unpaired) electrons. The minimum atomic E-state index is -0.208. The molecular formula is C15H17N3O2S. The van der Waals surface area contributed by atoms with E-state index in [0.29, 0.717) is 10.9 Å². The average Bonchev–Trinajstić information content (AvgIpc) is 2.40. The molecule has 6 heteroatoms. The monoisotopic (exact) mass is 303 g/mol. The molecule has 2 N–H and O–H groups in total. The molecule has 0 saturated heterocycles. The Hall–Kier alpha value is -2.08. The van der Waals surface area contributed by atoms with Crippen molar-refractivity contribution in [3.05, 3.63) is 51.4 Å². The highest BCUT2D eigenvalue weighted by Crippen LogP contribution is 2.20. The first-order valence-electron chi connectivity index (χ1n) is 6.52. The van der Waals surface area contributed by atoms with Gasteiger partial charge in [0.1, 0.15) is 0 Å². The highest BCUT2D eigenvalue weighted by Gasteiger charge is 2.09. The van der Waals surface area contributed by atoms with Crippen LogP contribution in [0.3, 0.4) is 0 Å². The highest BCUT2D eigenvalue weighted by molar-refractivity contribution is 7.99. The molecule has 0 atom stereocenters. The number of thioether (sulfide) groups is 1. The molecule has 1 aromatic heterocycles. The normalized spacial score (nSPS) is 10.4. The van der Waals surface area contributed by atoms with Crippen LogP contribution < -0.4 is 10.9 Å². The lowest BCUT2D eigenvalue weighted by Crippen LogP contribution is -2.16. The Morgan fingerprint density at radius 1 is 1.29 bits per heavy atom. The van der Waals surface area contributed by atoms with Crippen molar-refractivity contribution in [1.82, 2.24) is 9.97 Å². The Kier molecular flexibility index (Phi) is 4.80. The van der Waals surface area contributed by atoms with Crippen molar-refractivity contribution in [2.75, 3.05) is 11.1 Å². The van der Waals surface area contributed by atoms with E-state index in [-0.39, 0.29) is 17.2 Å². The Bertz CT molecular complexity index is 705. The number of para-hydroxylation sites is 1. The molecule has 2 aromatic rings. The van der Waals surface area contributed by atoms with Crippen molar-refractivity contribution >= 4 is 23.4 Å². The number of H-pyrrole nitrogens is 1. The van der Waals surface area contributed by atoms with Crippen molar-refractivity contribution < 1.29 is 4.79 Å². The van der Waals surface area contributed by atoms with E-state index in [1.165, 1.54) is 17.8 Å². The van der Waals surface area contributed by atoms with E-state index in [4.69, 9.17) is 0 Å². The van der Waals surface area contributed by atoms with Gasteiger partial charge in [0.25, 0.3) is 5.56 Å². The van der Waals surface area contributed by atoms with Crippen LogP contribution in [0.5, 0.6) is 0 Å². The molecule has 0 unspecified atom stereocenters. The van der Waals surface area contributed by atoms with Gasteiger partial charge in [-0.1, -0.05) is 30.0 Å². The van der Waals surface area contributed by atoms with E-state index >= 15 is 0 Å². The molecule has 0 aliphatic carbocycles. The number of aryl methyl sites for hydroxylation is 3. The lowest BCUT2D eigenvalue weighted by atomic mass is 10.1.